The van der Waals surface area contributed by atoms with Gasteiger partial charge in [0, 0.05) is 6.07 Å². The summed E-state index contributed by atoms with van der Waals surface area (Å²) in [6, 6.07) is 6.28. The first kappa shape index (κ1) is 28.0. The third-order valence-corrected chi connectivity index (χ3v) is 9.77. The summed E-state index contributed by atoms with van der Waals surface area (Å²) in [5, 5.41) is 0. The van der Waals surface area contributed by atoms with E-state index in [1.54, 1.807) is 0 Å². The number of unbranched alkanes of at least 4 members (excludes halogenated alkanes) is 4. The molecule has 1 aromatic rings. The normalized spacial score (nSPS) is 19.4. The second kappa shape index (κ2) is 13.6. The Hall–Kier alpha value is -1.23. The van der Waals surface area contributed by atoms with Crippen LogP contribution in [0.1, 0.15) is 104 Å². The maximum absolute atomic E-state index is 12.5. The SMILES string of the molecule is CCOc1cc(CCCCCCCC2CCC(CS(=O)(=O)C(C)(C)C)CC2)cc(OCC)c1. The standard InChI is InChI=1S/C28H48O4S/c1-6-31-26-19-25(20-27(21-26)32-7-2)14-12-10-8-9-11-13-23-15-17-24(18-16-23)22-33(29,30)28(3,4)5/h19-21,23-24H,6-18,22H2,1-5H3. The van der Waals surface area contributed by atoms with Crippen molar-refractivity contribution in [3.05, 3.63) is 23.8 Å². The lowest BCUT2D eigenvalue weighted by Gasteiger charge is -2.30. The zero-order valence-electron chi connectivity index (χ0n) is 21.8. The predicted molar refractivity (Wildman–Crippen MR) is 139 cm³/mol. The first-order valence-corrected chi connectivity index (χ1v) is 14.9. The quantitative estimate of drug-likeness (QED) is 0.261. The van der Waals surface area contributed by atoms with Crippen LogP contribution in [-0.2, 0) is 16.3 Å². The lowest BCUT2D eigenvalue weighted by atomic mass is 9.80. The molecule has 4 nitrogen and oxygen atoms in total. The van der Waals surface area contributed by atoms with Crippen molar-refractivity contribution in [2.75, 3.05) is 19.0 Å². The van der Waals surface area contributed by atoms with Crippen LogP contribution in [0.2, 0.25) is 0 Å². The minimum absolute atomic E-state index is 0.370. The highest BCUT2D eigenvalue weighted by molar-refractivity contribution is 7.92. The van der Waals surface area contributed by atoms with Crippen LogP contribution in [0.3, 0.4) is 0 Å². The van der Waals surface area contributed by atoms with Gasteiger partial charge in [0.2, 0.25) is 0 Å². The molecule has 0 atom stereocenters. The molecule has 1 fully saturated rings. The number of benzene rings is 1. The summed E-state index contributed by atoms with van der Waals surface area (Å²) in [5.41, 5.74) is 1.30. The average molecular weight is 481 g/mol. The van der Waals surface area contributed by atoms with Crippen LogP contribution in [0, 0.1) is 11.8 Å². The Morgan fingerprint density at radius 1 is 0.788 bits per heavy atom. The number of hydrogen-bond acceptors (Lipinski definition) is 4. The molecule has 0 aromatic heterocycles. The van der Waals surface area contributed by atoms with E-state index in [0.29, 0.717) is 24.9 Å². The number of hydrogen-bond donors (Lipinski definition) is 0. The minimum atomic E-state index is -2.99. The highest BCUT2D eigenvalue weighted by Crippen LogP contribution is 2.34. The number of ether oxygens (including phenoxy) is 2. The molecule has 0 heterocycles. The highest BCUT2D eigenvalue weighted by atomic mass is 32.2. The second-order valence-corrected chi connectivity index (χ2v) is 13.6. The van der Waals surface area contributed by atoms with Gasteiger partial charge in [0.25, 0.3) is 0 Å². The van der Waals surface area contributed by atoms with Crippen LogP contribution < -0.4 is 9.47 Å². The summed E-state index contributed by atoms with van der Waals surface area (Å²) in [7, 11) is -2.99. The number of sulfone groups is 1. The Balaban J connectivity index is 1.59. The number of aryl methyl sites for hydroxylation is 1. The van der Waals surface area contributed by atoms with Gasteiger partial charge in [-0.15, -0.1) is 0 Å². The molecule has 1 aromatic carbocycles. The molecule has 0 unspecified atom stereocenters. The average Bonchev–Trinajstić information content (AvgIpc) is 2.73. The van der Waals surface area contributed by atoms with Gasteiger partial charge in [0.15, 0.2) is 9.84 Å². The van der Waals surface area contributed by atoms with Gasteiger partial charge in [-0.2, -0.15) is 0 Å². The van der Waals surface area contributed by atoms with E-state index < -0.39 is 14.6 Å². The molecule has 0 spiro atoms. The van der Waals surface area contributed by atoms with Crippen molar-refractivity contribution in [2.45, 2.75) is 110 Å². The zero-order valence-corrected chi connectivity index (χ0v) is 22.6. The molecule has 5 heteroatoms. The maximum Gasteiger partial charge on any atom is 0.155 e. The molecule has 1 saturated carbocycles. The molecule has 0 aliphatic heterocycles. The molecule has 0 bridgehead atoms. The second-order valence-electron chi connectivity index (χ2n) is 10.8. The Kier molecular flexibility index (Phi) is 11.5. The molecule has 0 radical (unpaired) electrons. The molecule has 0 amide bonds. The molecule has 190 valence electrons. The van der Waals surface area contributed by atoms with Crippen molar-refractivity contribution < 1.29 is 17.9 Å². The molecule has 2 rings (SSSR count). The summed E-state index contributed by atoms with van der Waals surface area (Å²) in [5.74, 6) is 3.36. The van der Waals surface area contributed by atoms with Gasteiger partial charge in [-0.25, -0.2) is 8.42 Å². The summed E-state index contributed by atoms with van der Waals surface area (Å²) < 4.78 is 35.7. The van der Waals surface area contributed by atoms with Gasteiger partial charge in [-0.1, -0.05) is 44.9 Å². The van der Waals surface area contributed by atoms with E-state index in [0.717, 1.165) is 36.7 Å². The Morgan fingerprint density at radius 3 is 1.85 bits per heavy atom. The van der Waals surface area contributed by atoms with Crippen molar-refractivity contribution >= 4 is 9.84 Å². The summed E-state index contributed by atoms with van der Waals surface area (Å²) >= 11 is 0. The van der Waals surface area contributed by atoms with E-state index in [4.69, 9.17) is 9.47 Å². The van der Waals surface area contributed by atoms with Crippen molar-refractivity contribution in [1.29, 1.82) is 0 Å². The van der Waals surface area contributed by atoms with Gasteiger partial charge in [-0.05, 0) is 89.8 Å². The van der Waals surface area contributed by atoms with E-state index in [2.05, 4.69) is 12.1 Å². The third-order valence-electron chi connectivity index (χ3n) is 6.99. The third kappa shape index (κ3) is 9.88. The molecule has 1 aliphatic carbocycles. The van der Waals surface area contributed by atoms with Crippen LogP contribution in [-0.4, -0.2) is 32.1 Å². The monoisotopic (exact) mass is 480 g/mol. The molecular formula is C28H48O4S. The fourth-order valence-electron chi connectivity index (χ4n) is 4.81. The topological polar surface area (TPSA) is 52.6 Å². The van der Waals surface area contributed by atoms with Gasteiger partial charge in [0.1, 0.15) is 11.5 Å². The fraction of sp³-hybridized carbons (Fsp3) is 0.786. The molecular weight excluding hydrogens is 432 g/mol. The summed E-state index contributed by atoms with van der Waals surface area (Å²) in [6.07, 6.45) is 13.4. The van der Waals surface area contributed by atoms with Gasteiger partial charge < -0.3 is 9.47 Å². The lowest BCUT2D eigenvalue weighted by Crippen LogP contribution is -2.34. The summed E-state index contributed by atoms with van der Waals surface area (Å²) in [6.45, 7) is 10.8. The van der Waals surface area contributed by atoms with Crippen molar-refractivity contribution in [1.82, 2.24) is 0 Å². The van der Waals surface area contributed by atoms with Crippen molar-refractivity contribution in [2.24, 2.45) is 11.8 Å². The van der Waals surface area contributed by atoms with Crippen molar-refractivity contribution in [3.8, 4) is 11.5 Å². The molecule has 0 saturated heterocycles. The van der Waals surface area contributed by atoms with E-state index in [1.165, 1.54) is 56.9 Å². The Labute approximate surface area is 203 Å². The van der Waals surface area contributed by atoms with Gasteiger partial charge >= 0.3 is 0 Å². The van der Waals surface area contributed by atoms with E-state index in [-0.39, 0.29) is 0 Å². The van der Waals surface area contributed by atoms with Crippen LogP contribution in [0.25, 0.3) is 0 Å². The fourth-order valence-corrected chi connectivity index (χ4v) is 6.27. The Bertz CT molecular complexity index is 762. The first-order chi connectivity index (χ1) is 15.6. The molecule has 1 aliphatic rings. The van der Waals surface area contributed by atoms with Crippen LogP contribution >= 0.6 is 0 Å². The van der Waals surface area contributed by atoms with Crippen LogP contribution in [0.4, 0.5) is 0 Å². The predicted octanol–water partition coefficient (Wildman–Crippen LogP) is 7.39. The van der Waals surface area contributed by atoms with Gasteiger partial charge in [-0.3, -0.25) is 0 Å². The lowest BCUT2D eigenvalue weighted by molar-refractivity contribution is 0.272. The molecule has 0 N–H and O–H groups in total. The van der Waals surface area contributed by atoms with E-state index in [1.807, 2.05) is 40.7 Å². The van der Waals surface area contributed by atoms with Gasteiger partial charge in [0.05, 0.1) is 23.7 Å². The van der Waals surface area contributed by atoms with Crippen LogP contribution in [0.15, 0.2) is 18.2 Å². The first-order valence-electron chi connectivity index (χ1n) is 13.3. The smallest absolute Gasteiger partial charge is 0.155 e. The van der Waals surface area contributed by atoms with E-state index >= 15 is 0 Å². The zero-order chi connectivity index (χ0) is 24.3. The maximum atomic E-state index is 12.5. The van der Waals surface area contributed by atoms with Crippen LogP contribution in [0.5, 0.6) is 11.5 Å². The number of rotatable bonds is 14. The summed E-state index contributed by atoms with van der Waals surface area (Å²) in [4.78, 5) is 0. The van der Waals surface area contributed by atoms with E-state index in [9.17, 15) is 8.42 Å². The molecule has 33 heavy (non-hydrogen) atoms. The Morgan fingerprint density at radius 2 is 1.30 bits per heavy atom. The largest absolute Gasteiger partial charge is 0.494 e. The minimum Gasteiger partial charge on any atom is -0.494 e. The van der Waals surface area contributed by atoms with Crippen molar-refractivity contribution in [3.63, 3.8) is 0 Å². The highest BCUT2D eigenvalue weighted by Gasteiger charge is 2.33.